The highest BCUT2D eigenvalue weighted by molar-refractivity contribution is 5.97. The van der Waals surface area contributed by atoms with Gasteiger partial charge in [0.25, 0.3) is 5.69 Å². The number of aryl methyl sites for hydroxylation is 1. The molecule has 0 spiro atoms. The van der Waals surface area contributed by atoms with Crippen LogP contribution in [0.3, 0.4) is 0 Å². The Hall–Kier alpha value is -14.5. The van der Waals surface area contributed by atoms with Gasteiger partial charge in [-0.15, -0.1) is 27.7 Å². The summed E-state index contributed by atoms with van der Waals surface area (Å²) in [5.74, 6) is -8.54. The maximum absolute atomic E-state index is 12.8. The number of nitrogens with one attached hydrogen (secondary N) is 4. The maximum Gasteiger partial charge on any atom is 0.335 e. The van der Waals surface area contributed by atoms with E-state index in [4.69, 9.17) is 58.7 Å². The summed E-state index contributed by atoms with van der Waals surface area (Å²) in [6, 6.07) is 39.4. The Morgan fingerprint density at radius 1 is 0.385 bits per heavy atom. The second-order valence-electron chi connectivity index (χ2n) is 29.5. The Morgan fingerprint density at radius 2 is 0.648 bits per heavy atom. The smallest absolute Gasteiger partial charge is 0.335 e. The van der Waals surface area contributed by atoms with Gasteiger partial charge in [-0.1, -0.05) is 21.7 Å². The van der Waals surface area contributed by atoms with Gasteiger partial charge in [0.1, 0.15) is 22.2 Å². The van der Waals surface area contributed by atoms with Crippen LogP contribution >= 0.6 is 12.4 Å². The normalized spacial score (nSPS) is 14.8. The molecule has 0 atom stereocenters. The van der Waals surface area contributed by atoms with E-state index in [9.17, 15) is 63.0 Å². The number of carbonyl (C=O) groups is 8. The molecule has 1 amide bonds. The van der Waals surface area contributed by atoms with Crippen LogP contribution in [0.4, 0.5) is 49.9 Å². The summed E-state index contributed by atoms with van der Waals surface area (Å²) in [7, 11) is 0. The highest BCUT2D eigenvalue weighted by atomic mass is 35.5. The monoisotopic (exact) mass is 1700 g/mol. The van der Waals surface area contributed by atoms with Crippen LogP contribution in [0.15, 0.2) is 146 Å². The van der Waals surface area contributed by atoms with Gasteiger partial charge in [0.15, 0.2) is 0 Å². The van der Waals surface area contributed by atoms with Gasteiger partial charge in [0.2, 0.25) is 11.7 Å². The summed E-state index contributed by atoms with van der Waals surface area (Å²) < 4.78 is 18.3. The van der Waals surface area contributed by atoms with Gasteiger partial charge in [0.05, 0.1) is 106 Å². The zero-order valence-electron chi connectivity index (χ0n) is 65.5. The zero-order valence-corrected chi connectivity index (χ0v) is 66.4. The number of rotatable bonds is 21. The number of carboxylic acids is 7. The molecule has 642 valence electrons. The lowest BCUT2D eigenvalue weighted by atomic mass is 10.1. The number of anilines is 6. The quantitative estimate of drug-likeness (QED) is 0.0180. The third-order valence-corrected chi connectivity index (χ3v) is 19.2. The van der Waals surface area contributed by atoms with Crippen LogP contribution in [0.5, 0.6) is 0 Å². The number of aromatic nitrogens is 9. The van der Waals surface area contributed by atoms with Crippen molar-refractivity contribution in [1.82, 2.24) is 51.1 Å². The molecule has 22 N–H and O–H groups in total. The molecule has 8 saturated carbocycles. The molecular formula is C81H90ClFN20O19. The number of primary amides is 1. The summed E-state index contributed by atoms with van der Waals surface area (Å²) in [6.07, 6.45) is 18.1. The van der Waals surface area contributed by atoms with Gasteiger partial charge in [-0.25, -0.2) is 47.6 Å². The molecule has 41 heteroatoms. The molecule has 0 aliphatic heterocycles. The number of amides is 1. The average Bonchev–Trinajstić information content (AvgIpc) is 1.65. The van der Waals surface area contributed by atoms with Crippen molar-refractivity contribution in [2.24, 2.45) is 11.5 Å². The predicted octanol–water partition coefficient (Wildman–Crippen LogP) is 13.1. The van der Waals surface area contributed by atoms with E-state index >= 15 is 0 Å². The van der Waals surface area contributed by atoms with Crippen LogP contribution in [-0.4, -0.2) is 168 Å². The molecule has 0 radical (unpaired) electrons. The second kappa shape index (κ2) is 40.7. The summed E-state index contributed by atoms with van der Waals surface area (Å²) >= 11 is 0. The summed E-state index contributed by atoms with van der Waals surface area (Å²) in [4.78, 5) is 105. The maximum atomic E-state index is 12.8. The van der Waals surface area contributed by atoms with E-state index in [1.807, 2.05) is 27.0 Å². The molecule has 0 saturated heterocycles. The first-order valence-corrected chi connectivity index (χ1v) is 38.2. The molecule has 39 nitrogen and oxygen atoms in total. The van der Waals surface area contributed by atoms with Crippen molar-refractivity contribution >= 4 is 139 Å². The number of hydrogen-bond donors (Lipinski definition) is 16. The Bertz CT molecular complexity index is 5310. The van der Waals surface area contributed by atoms with Crippen LogP contribution < -0.4 is 50.4 Å². The molecule has 0 unspecified atom stereocenters. The van der Waals surface area contributed by atoms with Crippen molar-refractivity contribution < 1.29 is 88.3 Å². The number of carbonyl (C=O) groups excluding carboxylic acids is 1. The Balaban J connectivity index is 0.000000157. The summed E-state index contributed by atoms with van der Waals surface area (Å²) in [6.45, 7) is 1.98. The standard InChI is InChI=1S/C11H13NO2.C10H10N4O.2C10H9N3O2.C10H10N2O4.2C10H12N2O2.C7H4FNO4.C3H7N.ClH.H3N/c1-7-2-3-8(11(13)14)6-10(7)12-9-4-5-9;11-10(15)6-1-4-8-9(5-6)14(13-12-8)7-2-3-7;2*14-10(15)6-1-4-8-9(5-6)13(12-11-8)7-2-3-7;13-10(14)6-1-4-9(12(15)16)8(5-6)11-7-2-3-7;2*11-8-4-1-6(10(13)14)5-9(8)12-7-2-3-7;8-5-3-4(7(10)11)1-2-6(5)9(12)13;4-3-1-2-3;;/h2-3,6,9,12H,4-5H2,1H3,(H,13,14);1,4-5,7H,2-3H2,(H2,11,15);2*1,4-5,7H,2-3H2,(H,14,15);1,4-5,7,11H,2-3H2,(H,13,14);2*1,4-5,7,12H,2-3,11H2,(H,13,14);1-3H,(H,10,11);3H,1-2,4H2;1H;1H3. The molecule has 8 aliphatic carbocycles. The first-order chi connectivity index (χ1) is 57.2. The Labute approximate surface area is 698 Å². The highest BCUT2D eigenvalue weighted by Gasteiger charge is 2.31. The minimum atomic E-state index is -1.33. The van der Waals surface area contributed by atoms with Crippen molar-refractivity contribution in [1.29, 1.82) is 0 Å². The van der Waals surface area contributed by atoms with E-state index in [-0.39, 0.29) is 69.4 Å². The third-order valence-electron chi connectivity index (χ3n) is 19.2. The van der Waals surface area contributed by atoms with Crippen LogP contribution in [0, 0.1) is 33.0 Å². The molecule has 8 aliphatic rings. The lowest BCUT2D eigenvalue weighted by Crippen LogP contribution is -2.10. The van der Waals surface area contributed by atoms with Gasteiger partial charge in [-0.2, -0.15) is 4.39 Å². The van der Waals surface area contributed by atoms with E-state index in [0.717, 1.165) is 145 Å². The molecular weight excluding hydrogens is 1610 g/mol. The Morgan fingerprint density at radius 3 is 0.951 bits per heavy atom. The molecule has 19 rings (SSSR count). The fourth-order valence-electron chi connectivity index (χ4n) is 11.2. The van der Waals surface area contributed by atoms with Crippen LogP contribution in [0.25, 0.3) is 33.1 Å². The van der Waals surface area contributed by atoms with Crippen LogP contribution in [-0.2, 0) is 0 Å². The number of aromatic carboxylic acids is 7. The third kappa shape index (κ3) is 26.5. The molecule has 11 aromatic rings. The van der Waals surface area contributed by atoms with Crippen molar-refractivity contribution in [2.75, 3.05) is 32.7 Å². The van der Waals surface area contributed by atoms with Crippen molar-refractivity contribution in [2.45, 2.75) is 158 Å². The minimum absolute atomic E-state index is 0. The topological polar surface area (TPSA) is 644 Å². The Kier molecular flexibility index (Phi) is 30.5. The van der Waals surface area contributed by atoms with Gasteiger partial charge >= 0.3 is 47.5 Å². The van der Waals surface area contributed by atoms with Crippen molar-refractivity contribution in [3.63, 3.8) is 0 Å². The number of hydrogen-bond acceptors (Lipinski definition) is 26. The number of halogens is 2. The van der Waals surface area contributed by atoms with E-state index in [0.29, 0.717) is 70.9 Å². The first-order valence-electron chi connectivity index (χ1n) is 38.2. The number of benzene rings is 8. The van der Waals surface area contributed by atoms with Crippen molar-refractivity contribution in [3.8, 4) is 0 Å². The van der Waals surface area contributed by atoms with E-state index in [1.165, 1.54) is 56.0 Å². The van der Waals surface area contributed by atoms with Crippen LogP contribution in [0.2, 0.25) is 0 Å². The number of nitrogen functional groups attached to an aromatic ring is 2. The minimum Gasteiger partial charge on any atom is -0.478 e. The van der Waals surface area contributed by atoms with Gasteiger partial charge in [-0.3, -0.25) is 25.0 Å². The highest BCUT2D eigenvalue weighted by Crippen LogP contribution is 2.40. The van der Waals surface area contributed by atoms with Gasteiger partial charge < -0.3 is 86.1 Å². The lowest BCUT2D eigenvalue weighted by Gasteiger charge is -2.08. The average molecular weight is 1700 g/mol. The largest absolute Gasteiger partial charge is 0.478 e. The molecule has 122 heavy (non-hydrogen) atoms. The SMILES string of the molecule is Cc1ccc(C(=O)O)cc1NC1CC1.Cl.N.NC(=O)c1ccc2nnn(C3CC3)c2c1.NC1CC1.Nc1ccc(C(=O)O)cc1NC1CC1.Nc1ccc(C(=O)O)cc1NC1CC1.O=C(O)c1ccc([N+](=O)[O-])c(F)c1.O=C(O)c1ccc([N+](=O)[O-])c(NC2CC2)c1.O=C(O)c1ccc2nnn(C3CC3)c2c1.O=C(O)c1ccc2nnn(C3CC3)c2c1. The lowest BCUT2D eigenvalue weighted by molar-refractivity contribution is -0.387. The van der Waals surface area contributed by atoms with E-state index in [2.05, 4.69) is 52.2 Å². The number of nitrogens with zero attached hydrogens (tertiary/aromatic N) is 11. The summed E-state index contributed by atoms with van der Waals surface area (Å²) in [5.41, 5.74) is 32.6. The summed E-state index contributed by atoms with van der Waals surface area (Å²) in [5, 5.41) is 119. The number of carboxylic acid groups (broad SMARTS) is 7. The van der Waals surface area contributed by atoms with E-state index < -0.39 is 69.0 Å². The van der Waals surface area contributed by atoms with E-state index in [1.54, 1.807) is 91.0 Å². The fraction of sp³-hybridized carbons (Fsp3) is 0.309. The van der Waals surface area contributed by atoms with Crippen molar-refractivity contribution in [3.05, 3.63) is 222 Å². The molecule has 8 aromatic carbocycles. The predicted molar refractivity (Wildman–Crippen MR) is 450 cm³/mol. The number of nitro groups is 2. The number of nitro benzene ring substituents is 2. The van der Waals surface area contributed by atoms with Gasteiger partial charge in [0, 0.05) is 53.6 Å². The fourth-order valence-corrected chi connectivity index (χ4v) is 11.2. The zero-order chi connectivity index (χ0) is 86.3. The first kappa shape index (κ1) is 91.4. The molecule has 3 aromatic heterocycles. The van der Waals surface area contributed by atoms with Crippen LogP contribution in [0.1, 0.15) is 209 Å². The number of nitrogens with two attached hydrogens (primary N) is 4. The molecule has 8 fully saturated rings. The molecule has 0 bridgehead atoms. The molecule has 3 heterocycles. The number of fused-ring (bicyclic) bond motifs is 3. The van der Waals surface area contributed by atoms with Gasteiger partial charge in [-0.05, 0) is 243 Å². The second-order valence-corrected chi connectivity index (χ2v) is 29.5.